The minimum atomic E-state index is -3.95. The van der Waals surface area contributed by atoms with Crippen LogP contribution >= 0.6 is 23.4 Å². The molecule has 0 radical (unpaired) electrons. The predicted molar refractivity (Wildman–Crippen MR) is 112 cm³/mol. The molecule has 0 bridgehead atoms. The van der Waals surface area contributed by atoms with Crippen LogP contribution in [-0.4, -0.2) is 48.8 Å². The third-order valence-electron chi connectivity index (χ3n) is 4.63. The molecule has 1 saturated heterocycles. The van der Waals surface area contributed by atoms with Gasteiger partial charge in [0.25, 0.3) is 5.91 Å². The molecular formula is C20H17ClN2O3S2. The van der Waals surface area contributed by atoms with Crippen molar-refractivity contribution in [3.63, 3.8) is 0 Å². The summed E-state index contributed by atoms with van der Waals surface area (Å²) in [5.74, 6) is 1.35. The van der Waals surface area contributed by atoms with E-state index in [1.165, 1.54) is 18.3 Å². The summed E-state index contributed by atoms with van der Waals surface area (Å²) in [6.45, 7) is 1.17. The number of hydrogen-bond acceptors (Lipinski definition) is 5. The Morgan fingerprint density at radius 2 is 1.79 bits per heavy atom. The normalized spacial score (nSPS) is 15.0. The van der Waals surface area contributed by atoms with E-state index in [1.54, 1.807) is 53.1 Å². The van der Waals surface area contributed by atoms with E-state index in [-0.39, 0.29) is 21.3 Å². The zero-order chi connectivity index (χ0) is 19.7. The standard InChI is InChI=1S/C20H17ClN2O3S2/c21-14-6-7-18-16(12-14)19(28(25,26)15-4-2-1-3-5-15)17(13-22-18)20(24)23-8-10-27-11-9-23/h1-7,12-13H,8-11H2. The maximum Gasteiger partial charge on any atom is 0.256 e. The average Bonchev–Trinajstić information content (AvgIpc) is 2.73. The molecule has 0 saturated carbocycles. The van der Waals surface area contributed by atoms with Crippen molar-refractivity contribution in [1.82, 2.24) is 9.88 Å². The van der Waals surface area contributed by atoms with E-state index in [0.29, 0.717) is 29.0 Å². The fourth-order valence-electron chi connectivity index (χ4n) is 3.24. The molecule has 0 unspecified atom stereocenters. The van der Waals surface area contributed by atoms with Crippen molar-refractivity contribution in [1.29, 1.82) is 0 Å². The topological polar surface area (TPSA) is 67.3 Å². The van der Waals surface area contributed by atoms with Crippen LogP contribution in [-0.2, 0) is 9.84 Å². The van der Waals surface area contributed by atoms with Crippen molar-refractivity contribution in [2.24, 2.45) is 0 Å². The van der Waals surface area contributed by atoms with Gasteiger partial charge < -0.3 is 4.90 Å². The predicted octanol–water partition coefficient (Wildman–Crippen LogP) is 3.91. The van der Waals surface area contributed by atoms with Crippen molar-refractivity contribution in [3.8, 4) is 0 Å². The van der Waals surface area contributed by atoms with Crippen LogP contribution in [0.1, 0.15) is 10.4 Å². The number of benzene rings is 2. The van der Waals surface area contributed by atoms with Crippen molar-refractivity contribution in [2.45, 2.75) is 9.79 Å². The molecule has 2 heterocycles. The Labute approximate surface area is 172 Å². The molecule has 28 heavy (non-hydrogen) atoms. The van der Waals surface area contributed by atoms with Gasteiger partial charge in [0.15, 0.2) is 0 Å². The lowest BCUT2D eigenvalue weighted by Crippen LogP contribution is -2.38. The number of nitrogens with zero attached hydrogens (tertiary/aromatic N) is 2. The minimum Gasteiger partial charge on any atom is -0.337 e. The summed E-state index contributed by atoms with van der Waals surface area (Å²) >= 11 is 7.92. The number of thioether (sulfide) groups is 1. The van der Waals surface area contributed by atoms with E-state index < -0.39 is 9.84 Å². The smallest absolute Gasteiger partial charge is 0.256 e. The Morgan fingerprint density at radius 1 is 1.07 bits per heavy atom. The Hall–Kier alpha value is -2.09. The molecule has 0 spiro atoms. The third-order valence-corrected chi connectivity index (χ3v) is 7.68. The molecule has 5 nitrogen and oxygen atoms in total. The Balaban J connectivity index is 1.98. The van der Waals surface area contributed by atoms with E-state index in [1.807, 2.05) is 0 Å². The second kappa shape index (κ2) is 7.73. The van der Waals surface area contributed by atoms with Gasteiger partial charge >= 0.3 is 0 Å². The quantitative estimate of drug-likeness (QED) is 0.627. The first kappa shape index (κ1) is 19.2. The van der Waals surface area contributed by atoms with Crippen molar-refractivity contribution < 1.29 is 13.2 Å². The number of pyridine rings is 1. The Morgan fingerprint density at radius 3 is 2.50 bits per heavy atom. The molecule has 8 heteroatoms. The van der Waals surface area contributed by atoms with E-state index in [9.17, 15) is 13.2 Å². The van der Waals surface area contributed by atoms with E-state index in [2.05, 4.69) is 4.98 Å². The lowest BCUT2D eigenvalue weighted by atomic mass is 10.1. The molecule has 144 valence electrons. The van der Waals surface area contributed by atoms with Crippen LogP contribution in [0.4, 0.5) is 0 Å². The van der Waals surface area contributed by atoms with E-state index in [0.717, 1.165) is 11.5 Å². The molecule has 0 atom stereocenters. The van der Waals surface area contributed by atoms with Gasteiger partial charge in [0.2, 0.25) is 9.84 Å². The van der Waals surface area contributed by atoms with Crippen LogP contribution in [0.25, 0.3) is 10.9 Å². The molecule has 4 rings (SSSR count). The summed E-state index contributed by atoms with van der Waals surface area (Å²) in [7, 11) is -3.95. The van der Waals surface area contributed by atoms with Crippen LogP contribution in [0.2, 0.25) is 5.02 Å². The van der Waals surface area contributed by atoms with E-state index in [4.69, 9.17) is 11.6 Å². The highest BCUT2D eigenvalue weighted by Crippen LogP contribution is 2.33. The minimum absolute atomic E-state index is 0.0329. The van der Waals surface area contributed by atoms with Gasteiger partial charge in [-0.1, -0.05) is 29.8 Å². The van der Waals surface area contributed by atoms with Crippen molar-refractivity contribution in [2.75, 3.05) is 24.6 Å². The van der Waals surface area contributed by atoms with Gasteiger partial charge in [0.05, 0.1) is 20.9 Å². The number of hydrogen-bond donors (Lipinski definition) is 0. The molecule has 0 aliphatic carbocycles. The van der Waals surface area contributed by atoms with Crippen LogP contribution in [0.15, 0.2) is 64.5 Å². The van der Waals surface area contributed by atoms with Gasteiger partial charge in [0, 0.05) is 41.2 Å². The van der Waals surface area contributed by atoms with Crippen LogP contribution < -0.4 is 0 Å². The number of sulfone groups is 1. The van der Waals surface area contributed by atoms with E-state index >= 15 is 0 Å². The van der Waals surface area contributed by atoms with Crippen LogP contribution in [0, 0.1) is 0 Å². The molecule has 0 N–H and O–H groups in total. The molecule has 3 aromatic rings. The van der Waals surface area contributed by atoms with Gasteiger partial charge in [0.1, 0.15) is 0 Å². The number of fused-ring (bicyclic) bond motifs is 1. The zero-order valence-corrected chi connectivity index (χ0v) is 17.2. The van der Waals surface area contributed by atoms with Gasteiger partial charge in [-0.05, 0) is 30.3 Å². The molecule has 1 fully saturated rings. The molecular weight excluding hydrogens is 416 g/mol. The fraction of sp³-hybridized carbons (Fsp3) is 0.200. The number of halogens is 1. The highest BCUT2D eigenvalue weighted by molar-refractivity contribution is 7.99. The lowest BCUT2D eigenvalue weighted by Gasteiger charge is -2.27. The first-order valence-electron chi connectivity index (χ1n) is 8.74. The number of aromatic nitrogens is 1. The second-order valence-corrected chi connectivity index (χ2v) is 9.93. The SMILES string of the molecule is O=C(c1cnc2ccc(Cl)cc2c1S(=O)(=O)c1ccccc1)N1CCSCC1. The monoisotopic (exact) mass is 432 g/mol. The summed E-state index contributed by atoms with van der Waals surface area (Å²) in [6.07, 6.45) is 1.37. The summed E-state index contributed by atoms with van der Waals surface area (Å²) in [5.41, 5.74) is 0.565. The van der Waals surface area contributed by atoms with Gasteiger partial charge in [-0.3, -0.25) is 9.78 Å². The second-order valence-electron chi connectivity index (χ2n) is 6.38. The Bertz CT molecular complexity index is 1140. The zero-order valence-electron chi connectivity index (χ0n) is 14.8. The van der Waals surface area contributed by atoms with Crippen LogP contribution in [0.5, 0.6) is 0 Å². The fourth-order valence-corrected chi connectivity index (χ4v) is 5.95. The van der Waals surface area contributed by atoms with Crippen LogP contribution in [0.3, 0.4) is 0 Å². The number of carbonyl (C=O) groups excluding carboxylic acids is 1. The van der Waals surface area contributed by atoms with Gasteiger partial charge in [-0.25, -0.2) is 8.42 Å². The van der Waals surface area contributed by atoms with Crippen molar-refractivity contribution in [3.05, 3.63) is 65.3 Å². The summed E-state index contributed by atoms with van der Waals surface area (Å²) in [5, 5.41) is 0.742. The third kappa shape index (κ3) is 3.50. The maximum atomic E-state index is 13.5. The first-order chi connectivity index (χ1) is 13.5. The molecule has 1 amide bonds. The Kier molecular flexibility index (Phi) is 5.31. The number of rotatable bonds is 3. The maximum absolute atomic E-state index is 13.5. The number of carbonyl (C=O) groups is 1. The molecule has 2 aromatic carbocycles. The van der Waals surface area contributed by atoms with Gasteiger partial charge in [-0.15, -0.1) is 0 Å². The number of amides is 1. The molecule has 1 aromatic heterocycles. The highest BCUT2D eigenvalue weighted by Gasteiger charge is 2.30. The summed E-state index contributed by atoms with van der Waals surface area (Å²) < 4.78 is 27.0. The van der Waals surface area contributed by atoms with Gasteiger partial charge in [-0.2, -0.15) is 11.8 Å². The summed E-state index contributed by atoms with van der Waals surface area (Å²) in [4.78, 5) is 19.3. The largest absolute Gasteiger partial charge is 0.337 e. The first-order valence-corrected chi connectivity index (χ1v) is 11.8. The lowest BCUT2D eigenvalue weighted by molar-refractivity contribution is 0.0768. The molecule has 1 aliphatic rings. The summed E-state index contributed by atoms with van der Waals surface area (Å²) in [6, 6.07) is 13.0. The average molecular weight is 433 g/mol. The van der Waals surface area contributed by atoms with Crippen molar-refractivity contribution >= 4 is 50.0 Å². The molecule has 1 aliphatic heterocycles. The highest BCUT2D eigenvalue weighted by atomic mass is 35.5.